The normalized spacial score (nSPS) is 19.9. The van der Waals surface area contributed by atoms with E-state index in [0.717, 1.165) is 29.8 Å². The Bertz CT molecular complexity index is 550. The van der Waals surface area contributed by atoms with E-state index in [1.54, 1.807) is 7.11 Å². The van der Waals surface area contributed by atoms with Crippen molar-refractivity contribution in [1.82, 2.24) is 10.3 Å². The Morgan fingerprint density at radius 3 is 3.11 bits per heavy atom. The van der Waals surface area contributed by atoms with E-state index in [0.29, 0.717) is 6.61 Å². The van der Waals surface area contributed by atoms with Gasteiger partial charge in [-0.05, 0) is 17.7 Å². The Hall–Kier alpha value is -1.65. The lowest BCUT2D eigenvalue weighted by atomic mass is 10.0. The molecule has 1 N–H and O–H groups in total. The molecule has 0 radical (unpaired) electrons. The van der Waals surface area contributed by atoms with Crippen LogP contribution in [-0.4, -0.2) is 31.9 Å². The Morgan fingerprint density at radius 1 is 1.39 bits per heavy atom. The van der Waals surface area contributed by atoms with Crippen molar-refractivity contribution in [2.45, 2.75) is 6.04 Å². The number of methoxy groups -OCH3 is 1. The SMILES string of the molecule is COc1cccc2c(C3COCCN3)ccnc12. The van der Waals surface area contributed by atoms with Crippen LogP contribution in [0.4, 0.5) is 0 Å². The summed E-state index contributed by atoms with van der Waals surface area (Å²) in [4.78, 5) is 4.41. The Kier molecular flexibility index (Phi) is 3.13. The van der Waals surface area contributed by atoms with Crippen LogP contribution in [0, 0.1) is 0 Å². The topological polar surface area (TPSA) is 43.4 Å². The summed E-state index contributed by atoms with van der Waals surface area (Å²) >= 11 is 0. The largest absolute Gasteiger partial charge is 0.494 e. The molecule has 2 aromatic rings. The van der Waals surface area contributed by atoms with Crippen molar-refractivity contribution in [2.24, 2.45) is 0 Å². The summed E-state index contributed by atoms with van der Waals surface area (Å²) in [6.07, 6.45) is 1.83. The standard InChI is InChI=1S/C14H16N2O2/c1-17-13-4-2-3-11-10(5-6-16-14(11)13)12-9-18-8-7-15-12/h2-6,12,15H,7-9H2,1H3. The third-order valence-corrected chi connectivity index (χ3v) is 3.28. The molecule has 3 rings (SSSR count). The number of fused-ring (bicyclic) bond motifs is 1. The first-order valence-electron chi connectivity index (χ1n) is 6.13. The predicted octanol–water partition coefficient (Wildman–Crippen LogP) is 1.90. The fraction of sp³-hybridized carbons (Fsp3) is 0.357. The van der Waals surface area contributed by atoms with Crippen molar-refractivity contribution in [3.05, 3.63) is 36.0 Å². The van der Waals surface area contributed by atoms with Gasteiger partial charge in [-0.3, -0.25) is 4.98 Å². The van der Waals surface area contributed by atoms with Crippen LogP contribution in [0.15, 0.2) is 30.5 Å². The maximum absolute atomic E-state index is 5.53. The average molecular weight is 244 g/mol. The van der Waals surface area contributed by atoms with Gasteiger partial charge < -0.3 is 14.8 Å². The van der Waals surface area contributed by atoms with E-state index in [2.05, 4.69) is 16.4 Å². The van der Waals surface area contributed by atoms with E-state index in [-0.39, 0.29) is 6.04 Å². The van der Waals surface area contributed by atoms with Crippen LogP contribution in [-0.2, 0) is 4.74 Å². The molecule has 1 atom stereocenters. The summed E-state index contributed by atoms with van der Waals surface area (Å²) in [6, 6.07) is 8.29. The third kappa shape index (κ3) is 1.94. The number of nitrogens with zero attached hydrogens (tertiary/aromatic N) is 1. The molecule has 1 aliphatic rings. The number of para-hydroxylation sites is 1. The number of hydrogen-bond donors (Lipinski definition) is 1. The van der Waals surface area contributed by atoms with Gasteiger partial charge in [0.1, 0.15) is 11.3 Å². The molecule has 4 heteroatoms. The number of ether oxygens (including phenoxy) is 2. The highest BCUT2D eigenvalue weighted by Gasteiger charge is 2.18. The number of hydrogen-bond acceptors (Lipinski definition) is 4. The zero-order valence-corrected chi connectivity index (χ0v) is 10.3. The lowest BCUT2D eigenvalue weighted by Crippen LogP contribution is -2.34. The van der Waals surface area contributed by atoms with Gasteiger partial charge in [-0.15, -0.1) is 0 Å². The van der Waals surface area contributed by atoms with Crippen LogP contribution < -0.4 is 10.1 Å². The molecular formula is C14H16N2O2. The lowest BCUT2D eigenvalue weighted by Gasteiger charge is -2.25. The van der Waals surface area contributed by atoms with Gasteiger partial charge in [0.15, 0.2) is 0 Å². The molecule has 0 bridgehead atoms. The van der Waals surface area contributed by atoms with Crippen molar-refractivity contribution in [2.75, 3.05) is 26.9 Å². The second-order valence-electron chi connectivity index (χ2n) is 4.34. The van der Waals surface area contributed by atoms with Crippen LogP contribution in [0.3, 0.4) is 0 Å². The van der Waals surface area contributed by atoms with E-state index in [9.17, 15) is 0 Å². The van der Waals surface area contributed by atoms with Gasteiger partial charge in [-0.2, -0.15) is 0 Å². The molecule has 1 saturated heterocycles. The minimum atomic E-state index is 0.233. The zero-order valence-electron chi connectivity index (χ0n) is 10.3. The first kappa shape index (κ1) is 11.4. The zero-order chi connectivity index (χ0) is 12.4. The van der Waals surface area contributed by atoms with Gasteiger partial charge in [-0.1, -0.05) is 12.1 Å². The van der Waals surface area contributed by atoms with Crippen LogP contribution in [0.25, 0.3) is 10.9 Å². The molecule has 4 nitrogen and oxygen atoms in total. The van der Waals surface area contributed by atoms with E-state index in [1.807, 2.05) is 24.4 Å². The van der Waals surface area contributed by atoms with E-state index in [1.165, 1.54) is 5.56 Å². The molecule has 0 aliphatic carbocycles. The summed E-state index contributed by atoms with van der Waals surface area (Å²) in [6.45, 7) is 2.37. The predicted molar refractivity (Wildman–Crippen MR) is 69.9 cm³/mol. The Balaban J connectivity index is 2.11. The minimum absolute atomic E-state index is 0.233. The van der Waals surface area contributed by atoms with Crippen molar-refractivity contribution < 1.29 is 9.47 Å². The molecule has 1 unspecified atom stereocenters. The van der Waals surface area contributed by atoms with Crippen molar-refractivity contribution in [1.29, 1.82) is 0 Å². The number of rotatable bonds is 2. The molecule has 0 saturated carbocycles. The maximum atomic E-state index is 5.53. The smallest absolute Gasteiger partial charge is 0.145 e. The Morgan fingerprint density at radius 2 is 2.33 bits per heavy atom. The van der Waals surface area contributed by atoms with Gasteiger partial charge in [0.2, 0.25) is 0 Å². The fourth-order valence-electron chi connectivity index (χ4n) is 2.40. The third-order valence-electron chi connectivity index (χ3n) is 3.28. The molecule has 18 heavy (non-hydrogen) atoms. The second kappa shape index (κ2) is 4.92. The van der Waals surface area contributed by atoms with Gasteiger partial charge in [0, 0.05) is 18.1 Å². The van der Waals surface area contributed by atoms with Gasteiger partial charge in [0.05, 0.1) is 26.4 Å². The molecule has 94 valence electrons. The van der Waals surface area contributed by atoms with Crippen LogP contribution in [0.5, 0.6) is 5.75 Å². The maximum Gasteiger partial charge on any atom is 0.145 e. The number of nitrogens with one attached hydrogen (secondary N) is 1. The lowest BCUT2D eigenvalue weighted by molar-refractivity contribution is 0.0773. The quantitative estimate of drug-likeness (QED) is 0.876. The van der Waals surface area contributed by atoms with E-state index in [4.69, 9.17) is 9.47 Å². The average Bonchev–Trinajstić information content (AvgIpc) is 2.47. The highest BCUT2D eigenvalue weighted by atomic mass is 16.5. The first-order chi connectivity index (χ1) is 8.90. The molecule has 0 spiro atoms. The first-order valence-corrected chi connectivity index (χ1v) is 6.13. The molecule has 1 aliphatic heterocycles. The van der Waals surface area contributed by atoms with Crippen LogP contribution >= 0.6 is 0 Å². The van der Waals surface area contributed by atoms with Crippen molar-refractivity contribution in [3.63, 3.8) is 0 Å². The summed E-state index contributed by atoms with van der Waals surface area (Å²) in [5, 5.41) is 4.60. The summed E-state index contributed by atoms with van der Waals surface area (Å²) < 4.78 is 10.9. The highest BCUT2D eigenvalue weighted by Crippen LogP contribution is 2.29. The summed E-state index contributed by atoms with van der Waals surface area (Å²) in [7, 11) is 1.67. The number of benzene rings is 1. The molecule has 0 amide bonds. The van der Waals surface area contributed by atoms with Crippen molar-refractivity contribution in [3.8, 4) is 5.75 Å². The number of pyridine rings is 1. The molecule has 1 aromatic heterocycles. The monoisotopic (exact) mass is 244 g/mol. The highest BCUT2D eigenvalue weighted by molar-refractivity contribution is 5.87. The fourth-order valence-corrected chi connectivity index (χ4v) is 2.40. The van der Waals surface area contributed by atoms with Crippen molar-refractivity contribution >= 4 is 10.9 Å². The van der Waals surface area contributed by atoms with Gasteiger partial charge in [-0.25, -0.2) is 0 Å². The molecular weight excluding hydrogens is 228 g/mol. The van der Waals surface area contributed by atoms with Gasteiger partial charge >= 0.3 is 0 Å². The summed E-state index contributed by atoms with van der Waals surface area (Å²) in [5.41, 5.74) is 2.13. The molecule has 1 aromatic carbocycles. The molecule has 1 fully saturated rings. The van der Waals surface area contributed by atoms with E-state index >= 15 is 0 Å². The van der Waals surface area contributed by atoms with Crippen LogP contribution in [0.1, 0.15) is 11.6 Å². The molecule has 2 heterocycles. The minimum Gasteiger partial charge on any atom is -0.494 e. The van der Waals surface area contributed by atoms with Gasteiger partial charge in [0.25, 0.3) is 0 Å². The summed E-state index contributed by atoms with van der Waals surface area (Å²) in [5.74, 6) is 0.811. The van der Waals surface area contributed by atoms with Crippen LogP contribution in [0.2, 0.25) is 0 Å². The number of morpholine rings is 1. The second-order valence-corrected chi connectivity index (χ2v) is 4.34. The number of aromatic nitrogens is 1. The van der Waals surface area contributed by atoms with E-state index < -0.39 is 0 Å². The Labute approximate surface area is 106 Å².